The van der Waals surface area contributed by atoms with Gasteiger partial charge in [-0.15, -0.1) is 10.2 Å². The molecular formula is C21H23FN4OS. The van der Waals surface area contributed by atoms with Gasteiger partial charge in [0, 0.05) is 5.54 Å². The number of carbonyl (C=O) groups excluding carboxylic acids is 1. The molecule has 3 rings (SSSR count). The average molecular weight is 399 g/mol. The molecule has 0 saturated heterocycles. The summed E-state index contributed by atoms with van der Waals surface area (Å²) in [5.74, 6) is 0.215. The highest BCUT2D eigenvalue weighted by Gasteiger charge is 2.19. The lowest BCUT2D eigenvalue weighted by atomic mass is 10.1. The van der Waals surface area contributed by atoms with Crippen LogP contribution in [0.3, 0.4) is 0 Å². The molecule has 0 fully saturated rings. The molecule has 1 heterocycles. The highest BCUT2D eigenvalue weighted by atomic mass is 32.2. The van der Waals surface area contributed by atoms with Crippen LogP contribution >= 0.6 is 11.8 Å². The molecule has 0 aliphatic rings. The summed E-state index contributed by atoms with van der Waals surface area (Å²) in [5, 5.41) is 11.9. The lowest BCUT2D eigenvalue weighted by Gasteiger charge is -2.20. The Bertz CT molecular complexity index is 951. The van der Waals surface area contributed by atoms with Crippen molar-refractivity contribution in [3.8, 4) is 11.4 Å². The number of amides is 1. The van der Waals surface area contributed by atoms with Gasteiger partial charge in [0.05, 0.1) is 17.9 Å². The summed E-state index contributed by atoms with van der Waals surface area (Å²) in [7, 11) is 0. The standard InChI is InChI=1S/C21H23FN4OS/c1-21(2,3)23-18(27)14-28-20-25-24-19(16-11-7-8-12-17(16)22)26(20)13-15-9-5-4-6-10-15/h4-12H,13-14H2,1-3H3,(H,23,27). The third-order valence-corrected chi connectivity index (χ3v) is 4.83. The van der Waals surface area contributed by atoms with Gasteiger partial charge in [-0.05, 0) is 38.5 Å². The second-order valence-corrected chi connectivity index (χ2v) is 8.39. The number of rotatable bonds is 6. The Morgan fingerprint density at radius 3 is 2.43 bits per heavy atom. The third kappa shape index (κ3) is 5.19. The molecule has 7 heteroatoms. The number of hydrogen-bond donors (Lipinski definition) is 1. The Labute approximate surface area is 168 Å². The van der Waals surface area contributed by atoms with Crippen molar-refractivity contribution in [1.82, 2.24) is 20.1 Å². The number of nitrogens with one attached hydrogen (secondary N) is 1. The van der Waals surface area contributed by atoms with Crippen molar-refractivity contribution in [2.75, 3.05) is 5.75 Å². The SMILES string of the molecule is CC(C)(C)NC(=O)CSc1nnc(-c2ccccc2F)n1Cc1ccccc1. The fraction of sp³-hybridized carbons (Fsp3) is 0.286. The van der Waals surface area contributed by atoms with E-state index in [1.54, 1.807) is 18.2 Å². The molecule has 0 unspecified atom stereocenters. The maximum Gasteiger partial charge on any atom is 0.230 e. The molecule has 1 N–H and O–H groups in total. The molecule has 1 amide bonds. The van der Waals surface area contributed by atoms with E-state index in [1.807, 2.05) is 55.7 Å². The minimum atomic E-state index is -0.355. The van der Waals surface area contributed by atoms with E-state index in [-0.39, 0.29) is 23.0 Å². The van der Waals surface area contributed by atoms with Crippen molar-refractivity contribution >= 4 is 17.7 Å². The second kappa shape index (κ2) is 8.56. The zero-order chi connectivity index (χ0) is 20.1. The van der Waals surface area contributed by atoms with Crippen LogP contribution in [0.1, 0.15) is 26.3 Å². The number of hydrogen-bond acceptors (Lipinski definition) is 4. The molecule has 5 nitrogen and oxygen atoms in total. The summed E-state index contributed by atoms with van der Waals surface area (Å²) in [6.07, 6.45) is 0. The van der Waals surface area contributed by atoms with Crippen molar-refractivity contribution in [3.05, 3.63) is 66.0 Å². The van der Waals surface area contributed by atoms with Crippen LogP contribution in [0.25, 0.3) is 11.4 Å². The normalized spacial score (nSPS) is 11.4. The van der Waals surface area contributed by atoms with E-state index in [4.69, 9.17) is 0 Å². The summed E-state index contributed by atoms with van der Waals surface area (Å²) < 4.78 is 16.2. The van der Waals surface area contributed by atoms with E-state index < -0.39 is 0 Å². The molecule has 3 aromatic rings. The van der Waals surface area contributed by atoms with Gasteiger partial charge in [0.2, 0.25) is 5.91 Å². The van der Waals surface area contributed by atoms with Crippen LogP contribution in [0.4, 0.5) is 4.39 Å². The number of nitrogens with zero attached hydrogens (tertiary/aromatic N) is 3. The van der Waals surface area contributed by atoms with Crippen LogP contribution in [0.15, 0.2) is 59.8 Å². The van der Waals surface area contributed by atoms with Crippen LogP contribution in [0.2, 0.25) is 0 Å². The van der Waals surface area contributed by atoms with Gasteiger partial charge in [-0.25, -0.2) is 4.39 Å². The fourth-order valence-corrected chi connectivity index (χ4v) is 3.47. The summed E-state index contributed by atoms with van der Waals surface area (Å²) in [6.45, 7) is 6.29. The highest BCUT2D eigenvalue weighted by molar-refractivity contribution is 7.99. The first-order valence-electron chi connectivity index (χ1n) is 8.99. The Balaban J connectivity index is 1.89. The van der Waals surface area contributed by atoms with Crippen molar-refractivity contribution in [1.29, 1.82) is 0 Å². The van der Waals surface area contributed by atoms with Crippen molar-refractivity contribution < 1.29 is 9.18 Å². The monoisotopic (exact) mass is 398 g/mol. The molecule has 0 atom stereocenters. The van der Waals surface area contributed by atoms with E-state index in [1.165, 1.54) is 17.8 Å². The lowest BCUT2D eigenvalue weighted by Crippen LogP contribution is -2.41. The fourth-order valence-electron chi connectivity index (χ4n) is 2.73. The van der Waals surface area contributed by atoms with Crippen molar-refractivity contribution in [2.24, 2.45) is 0 Å². The first-order chi connectivity index (χ1) is 13.3. The maximum atomic E-state index is 14.4. The molecule has 146 valence electrons. The van der Waals surface area contributed by atoms with Crippen LogP contribution in [-0.4, -0.2) is 32.0 Å². The summed E-state index contributed by atoms with van der Waals surface area (Å²) in [5.41, 5.74) is 1.13. The van der Waals surface area contributed by atoms with E-state index in [0.29, 0.717) is 23.1 Å². The van der Waals surface area contributed by atoms with Gasteiger partial charge in [-0.2, -0.15) is 0 Å². The van der Waals surface area contributed by atoms with E-state index in [2.05, 4.69) is 15.5 Å². The molecule has 0 aliphatic heterocycles. The van der Waals surface area contributed by atoms with Gasteiger partial charge in [0.1, 0.15) is 5.82 Å². The highest BCUT2D eigenvalue weighted by Crippen LogP contribution is 2.27. The van der Waals surface area contributed by atoms with Crippen LogP contribution in [-0.2, 0) is 11.3 Å². The van der Waals surface area contributed by atoms with Gasteiger partial charge >= 0.3 is 0 Å². The summed E-state index contributed by atoms with van der Waals surface area (Å²) >= 11 is 1.29. The minimum Gasteiger partial charge on any atom is -0.351 e. The molecule has 0 aliphatic carbocycles. The van der Waals surface area contributed by atoms with Gasteiger partial charge in [0.15, 0.2) is 11.0 Å². The van der Waals surface area contributed by atoms with E-state index in [0.717, 1.165) is 5.56 Å². The molecule has 0 radical (unpaired) electrons. The zero-order valence-corrected chi connectivity index (χ0v) is 17.0. The number of halogens is 1. The predicted octanol–water partition coefficient (Wildman–Crippen LogP) is 4.14. The molecular weight excluding hydrogens is 375 g/mol. The third-order valence-electron chi connectivity index (χ3n) is 3.86. The lowest BCUT2D eigenvalue weighted by molar-refractivity contribution is -0.119. The Kier molecular flexibility index (Phi) is 6.14. The predicted molar refractivity (Wildman–Crippen MR) is 110 cm³/mol. The number of benzene rings is 2. The summed E-state index contributed by atoms with van der Waals surface area (Å²) in [4.78, 5) is 12.2. The van der Waals surface area contributed by atoms with Crippen LogP contribution in [0.5, 0.6) is 0 Å². The maximum absolute atomic E-state index is 14.4. The van der Waals surface area contributed by atoms with E-state index >= 15 is 0 Å². The minimum absolute atomic E-state index is 0.0841. The van der Waals surface area contributed by atoms with Gasteiger partial charge in [-0.3, -0.25) is 9.36 Å². The summed E-state index contributed by atoms with van der Waals surface area (Å²) in [6, 6.07) is 16.3. The quantitative estimate of drug-likeness (QED) is 0.634. The Hall–Kier alpha value is -2.67. The van der Waals surface area contributed by atoms with Crippen molar-refractivity contribution in [3.63, 3.8) is 0 Å². The molecule has 0 bridgehead atoms. The molecule has 1 aromatic heterocycles. The topological polar surface area (TPSA) is 59.8 Å². The second-order valence-electron chi connectivity index (χ2n) is 7.44. The Morgan fingerprint density at radius 2 is 1.75 bits per heavy atom. The first kappa shape index (κ1) is 20.1. The van der Waals surface area contributed by atoms with Gasteiger partial charge < -0.3 is 5.32 Å². The van der Waals surface area contributed by atoms with Gasteiger partial charge in [0.25, 0.3) is 0 Å². The van der Waals surface area contributed by atoms with Crippen LogP contribution in [0, 0.1) is 5.82 Å². The number of carbonyl (C=O) groups is 1. The smallest absolute Gasteiger partial charge is 0.230 e. The number of thioether (sulfide) groups is 1. The van der Waals surface area contributed by atoms with Crippen LogP contribution < -0.4 is 5.32 Å². The first-order valence-corrected chi connectivity index (χ1v) is 9.98. The van der Waals surface area contributed by atoms with Gasteiger partial charge in [-0.1, -0.05) is 54.2 Å². The van der Waals surface area contributed by atoms with Crippen molar-refractivity contribution in [2.45, 2.75) is 38.0 Å². The average Bonchev–Trinajstić information content (AvgIpc) is 3.02. The Morgan fingerprint density at radius 1 is 1.07 bits per heavy atom. The zero-order valence-electron chi connectivity index (χ0n) is 16.1. The molecule has 0 saturated carbocycles. The largest absolute Gasteiger partial charge is 0.351 e. The molecule has 28 heavy (non-hydrogen) atoms. The number of aromatic nitrogens is 3. The molecule has 2 aromatic carbocycles. The molecule has 0 spiro atoms. The van der Waals surface area contributed by atoms with E-state index in [9.17, 15) is 9.18 Å².